The van der Waals surface area contributed by atoms with E-state index in [1.165, 1.54) is 14.1 Å². The standard InChI is InChI=1S/C14H15F3N2O3.Na/c1-8(20)11(13(22)19(2)3)12(21)18-10-6-4-9(5-7-10)14(15,16)17;/h4-7,20H,1-3H3,(H,18,21);/q;+1/p-1. The molecule has 0 radical (unpaired) electrons. The Morgan fingerprint density at radius 2 is 1.61 bits per heavy atom. The number of anilines is 1. The number of carbonyl (C=O) groups excluding carboxylic acids is 2. The molecular weight excluding hydrogens is 324 g/mol. The molecular formula is C14H14F3N2NaO3. The van der Waals surface area contributed by atoms with Crippen LogP contribution >= 0.6 is 0 Å². The number of benzene rings is 1. The summed E-state index contributed by atoms with van der Waals surface area (Å²) in [6.45, 7) is 1.06. The molecule has 9 heteroatoms. The summed E-state index contributed by atoms with van der Waals surface area (Å²) < 4.78 is 37.3. The number of alkyl halides is 3. The summed E-state index contributed by atoms with van der Waals surface area (Å²) >= 11 is 0. The average molecular weight is 338 g/mol. The second-order valence-electron chi connectivity index (χ2n) is 4.66. The number of amides is 2. The van der Waals surface area contributed by atoms with Crippen molar-refractivity contribution in [2.24, 2.45) is 0 Å². The van der Waals surface area contributed by atoms with Gasteiger partial charge < -0.3 is 15.3 Å². The third-order valence-corrected chi connectivity index (χ3v) is 2.67. The van der Waals surface area contributed by atoms with Gasteiger partial charge in [0.05, 0.1) is 11.1 Å². The van der Waals surface area contributed by atoms with E-state index in [9.17, 15) is 27.9 Å². The van der Waals surface area contributed by atoms with Crippen LogP contribution in [0.3, 0.4) is 0 Å². The molecule has 0 saturated heterocycles. The van der Waals surface area contributed by atoms with Crippen molar-refractivity contribution < 1.29 is 57.4 Å². The molecule has 1 aromatic carbocycles. The van der Waals surface area contributed by atoms with Crippen LogP contribution < -0.4 is 40.0 Å². The number of hydrogen-bond acceptors (Lipinski definition) is 3. The average Bonchev–Trinajstić information content (AvgIpc) is 2.37. The Balaban J connectivity index is 0.00000484. The molecule has 0 saturated carbocycles. The first kappa shape index (κ1) is 21.5. The fraction of sp³-hybridized carbons (Fsp3) is 0.286. The number of hydrogen-bond donors (Lipinski definition) is 1. The Kier molecular flexibility index (Phi) is 7.82. The van der Waals surface area contributed by atoms with E-state index < -0.39 is 34.9 Å². The molecule has 0 unspecified atom stereocenters. The molecule has 1 aromatic rings. The molecule has 0 heterocycles. The van der Waals surface area contributed by atoms with Gasteiger partial charge in [-0.1, -0.05) is 6.92 Å². The minimum atomic E-state index is -4.49. The van der Waals surface area contributed by atoms with Crippen molar-refractivity contribution in [1.82, 2.24) is 4.90 Å². The van der Waals surface area contributed by atoms with Crippen LogP contribution in [0.25, 0.3) is 0 Å². The quantitative estimate of drug-likeness (QED) is 0.237. The van der Waals surface area contributed by atoms with Gasteiger partial charge in [-0.15, -0.1) is 5.76 Å². The Hall–Kier alpha value is -1.51. The van der Waals surface area contributed by atoms with E-state index >= 15 is 0 Å². The minimum absolute atomic E-state index is 0. The summed E-state index contributed by atoms with van der Waals surface area (Å²) in [7, 11) is 2.74. The van der Waals surface area contributed by atoms with Gasteiger partial charge in [-0.2, -0.15) is 13.2 Å². The smallest absolute Gasteiger partial charge is 0.875 e. The van der Waals surface area contributed by atoms with Crippen LogP contribution in [-0.2, 0) is 15.8 Å². The third kappa shape index (κ3) is 5.89. The van der Waals surface area contributed by atoms with Gasteiger partial charge in [-0.25, -0.2) is 0 Å². The Morgan fingerprint density at radius 1 is 1.13 bits per heavy atom. The first-order valence-corrected chi connectivity index (χ1v) is 6.12. The number of halogens is 3. The molecule has 0 aliphatic heterocycles. The van der Waals surface area contributed by atoms with E-state index in [1.54, 1.807) is 0 Å². The molecule has 2 amide bonds. The number of carbonyl (C=O) groups is 2. The third-order valence-electron chi connectivity index (χ3n) is 2.67. The van der Waals surface area contributed by atoms with E-state index in [4.69, 9.17) is 0 Å². The summed E-state index contributed by atoms with van der Waals surface area (Å²) in [5.74, 6) is -2.48. The van der Waals surface area contributed by atoms with Gasteiger partial charge in [-0.3, -0.25) is 9.59 Å². The van der Waals surface area contributed by atoms with Crippen molar-refractivity contribution in [2.45, 2.75) is 13.1 Å². The van der Waals surface area contributed by atoms with Gasteiger partial charge in [0, 0.05) is 19.8 Å². The van der Waals surface area contributed by atoms with Crippen molar-refractivity contribution >= 4 is 17.5 Å². The predicted octanol–water partition coefficient (Wildman–Crippen LogP) is -1.63. The molecule has 120 valence electrons. The number of rotatable bonds is 3. The fourth-order valence-electron chi connectivity index (χ4n) is 1.57. The van der Waals surface area contributed by atoms with Crippen molar-refractivity contribution in [3.8, 4) is 0 Å². The molecule has 0 atom stereocenters. The maximum atomic E-state index is 12.4. The normalized spacial score (nSPS) is 11.9. The molecule has 0 bridgehead atoms. The van der Waals surface area contributed by atoms with Gasteiger partial charge in [0.15, 0.2) is 0 Å². The Bertz CT molecular complexity index is 607. The summed E-state index contributed by atoms with van der Waals surface area (Å²) in [4.78, 5) is 24.8. The number of nitrogens with zero attached hydrogens (tertiary/aromatic N) is 1. The van der Waals surface area contributed by atoms with Gasteiger partial charge in [0.1, 0.15) is 0 Å². The van der Waals surface area contributed by atoms with Crippen molar-refractivity contribution in [1.29, 1.82) is 0 Å². The van der Waals surface area contributed by atoms with Crippen LogP contribution in [0.2, 0.25) is 0 Å². The zero-order valence-electron chi connectivity index (χ0n) is 13.1. The second-order valence-corrected chi connectivity index (χ2v) is 4.66. The largest absolute Gasteiger partial charge is 1.00 e. The molecule has 0 aliphatic rings. The molecule has 0 fully saturated rings. The second kappa shape index (κ2) is 8.37. The van der Waals surface area contributed by atoms with Crippen molar-refractivity contribution in [2.75, 3.05) is 19.4 Å². The number of likely N-dealkylation sites (N-methyl/N-ethyl adjacent to an activating group) is 1. The van der Waals surface area contributed by atoms with E-state index in [1.807, 2.05) is 0 Å². The molecule has 0 aromatic heterocycles. The van der Waals surface area contributed by atoms with Crippen LogP contribution in [0.5, 0.6) is 0 Å². The monoisotopic (exact) mass is 338 g/mol. The van der Waals surface area contributed by atoms with Crippen LogP contribution in [0.1, 0.15) is 12.5 Å². The van der Waals surface area contributed by atoms with Gasteiger partial charge >= 0.3 is 35.7 Å². The van der Waals surface area contributed by atoms with E-state index in [0.717, 1.165) is 36.1 Å². The minimum Gasteiger partial charge on any atom is -0.875 e. The van der Waals surface area contributed by atoms with Gasteiger partial charge in [-0.05, 0) is 24.3 Å². The molecule has 23 heavy (non-hydrogen) atoms. The molecule has 1 rings (SSSR count). The first-order valence-electron chi connectivity index (χ1n) is 6.12. The summed E-state index contributed by atoms with van der Waals surface area (Å²) in [6, 6.07) is 3.66. The maximum absolute atomic E-state index is 12.4. The topological polar surface area (TPSA) is 72.5 Å². The zero-order chi connectivity index (χ0) is 17.1. The Labute approximate surface area is 153 Å². The van der Waals surface area contributed by atoms with Crippen molar-refractivity contribution in [3.05, 3.63) is 41.2 Å². The predicted molar refractivity (Wildman–Crippen MR) is 71.5 cm³/mol. The summed E-state index contributed by atoms with van der Waals surface area (Å²) in [5, 5.41) is 13.6. The summed E-state index contributed by atoms with van der Waals surface area (Å²) in [5.41, 5.74) is -1.42. The SMILES string of the molecule is CC([O-])=C(C(=O)Nc1ccc(C(F)(F)F)cc1)C(=O)N(C)C.[Na+]. The van der Waals surface area contributed by atoms with Crippen LogP contribution in [0.4, 0.5) is 18.9 Å². The fourth-order valence-corrected chi connectivity index (χ4v) is 1.57. The molecule has 0 spiro atoms. The van der Waals surface area contributed by atoms with Gasteiger partial charge in [0.2, 0.25) is 0 Å². The van der Waals surface area contributed by atoms with E-state index in [2.05, 4.69) is 5.32 Å². The molecule has 0 aliphatic carbocycles. The number of nitrogens with one attached hydrogen (secondary N) is 1. The van der Waals surface area contributed by atoms with Crippen LogP contribution in [-0.4, -0.2) is 30.8 Å². The van der Waals surface area contributed by atoms with E-state index in [-0.39, 0.29) is 35.2 Å². The van der Waals surface area contributed by atoms with E-state index in [0.29, 0.717) is 0 Å². The molecule has 1 N–H and O–H groups in total. The molecule has 5 nitrogen and oxygen atoms in total. The maximum Gasteiger partial charge on any atom is 1.00 e. The van der Waals surface area contributed by atoms with Crippen LogP contribution in [0.15, 0.2) is 35.6 Å². The first-order chi connectivity index (χ1) is 10.0. The van der Waals surface area contributed by atoms with Crippen LogP contribution in [0, 0.1) is 0 Å². The van der Waals surface area contributed by atoms with Gasteiger partial charge in [0.25, 0.3) is 11.8 Å². The summed E-state index contributed by atoms with van der Waals surface area (Å²) in [6.07, 6.45) is -4.49. The van der Waals surface area contributed by atoms with Crippen molar-refractivity contribution in [3.63, 3.8) is 0 Å². The zero-order valence-corrected chi connectivity index (χ0v) is 15.1. The number of allylic oxidation sites excluding steroid dienone is 1. The Morgan fingerprint density at radius 3 is 1.96 bits per heavy atom.